The minimum Gasteiger partial charge on any atom is -0.352 e. The van der Waals surface area contributed by atoms with E-state index in [9.17, 15) is 14.4 Å². The van der Waals surface area contributed by atoms with Crippen molar-refractivity contribution in [2.75, 3.05) is 0 Å². The van der Waals surface area contributed by atoms with Gasteiger partial charge in [-0.3, -0.25) is 19.6 Å². The lowest BCUT2D eigenvalue weighted by Crippen LogP contribution is -2.31. The van der Waals surface area contributed by atoms with Gasteiger partial charge in [0, 0.05) is 30.9 Å². The van der Waals surface area contributed by atoms with Crippen LogP contribution in [0.5, 0.6) is 0 Å². The van der Waals surface area contributed by atoms with Crippen molar-refractivity contribution in [2.45, 2.75) is 45.1 Å². The van der Waals surface area contributed by atoms with Crippen LogP contribution in [0.15, 0.2) is 60.7 Å². The molecule has 154 valence electrons. The molecule has 0 bridgehead atoms. The molecular formula is C23H28N2O4. The van der Waals surface area contributed by atoms with Crippen molar-refractivity contribution >= 4 is 17.6 Å². The van der Waals surface area contributed by atoms with Crippen molar-refractivity contribution in [3.05, 3.63) is 71.8 Å². The molecule has 6 nitrogen and oxygen atoms in total. The normalized spacial score (nSPS) is 11.5. The quantitative estimate of drug-likeness (QED) is 0.221. The van der Waals surface area contributed by atoms with Gasteiger partial charge >= 0.3 is 0 Å². The number of Topliss-reactive ketones (excluding diaryl/α,β-unsaturated/α-hetero) is 1. The van der Waals surface area contributed by atoms with Gasteiger partial charge in [0.1, 0.15) is 0 Å². The van der Waals surface area contributed by atoms with Gasteiger partial charge in [-0.1, -0.05) is 73.5 Å². The predicted molar refractivity (Wildman–Crippen MR) is 110 cm³/mol. The van der Waals surface area contributed by atoms with Crippen LogP contribution in [-0.4, -0.2) is 22.8 Å². The Kier molecular flexibility index (Phi) is 9.59. The number of unbranched alkanes of at least 4 members (excludes halogenated alkanes) is 2. The summed E-state index contributed by atoms with van der Waals surface area (Å²) in [6.07, 6.45) is 3.06. The second-order valence-electron chi connectivity index (χ2n) is 7.03. The highest BCUT2D eigenvalue weighted by Gasteiger charge is 2.22. The Morgan fingerprint density at radius 2 is 1.52 bits per heavy atom. The van der Waals surface area contributed by atoms with Crippen LogP contribution in [0.25, 0.3) is 0 Å². The van der Waals surface area contributed by atoms with E-state index >= 15 is 0 Å². The molecule has 0 aliphatic heterocycles. The van der Waals surface area contributed by atoms with Gasteiger partial charge in [0.25, 0.3) is 0 Å². The Balaban J connectivity index is 1.91. The van der Waals surface area contributed by atoms with E-state index in [0.717, 1.165) is 18.4 Å². The monoisotopic (exact) mass is 396 g/mol. The van der Waals surface area contributed by atoms with E-state index in [1.165, 1.54) is 0 Å². The van der Waals surface area contributed by atoms with E-state index in [1.54, 1.807) is 17.6 Å². The number of nitrogens with one attached hydrogen (secondary N) is 2. The van der Waals surface area contributed by atoms with Gasteiger partial charge in [0.2, 0.25) is 11.8 Å². The van der Waals surface area contributed by atoms with Crippen LogP contribution in [0.3, 0.4) is 0 Å². The number of rotatable bonds is 12. The summed E-state index contributed by atoms with van der Waals surface area (Å²) in [5.41, 5.74) is 3.22. The van der Waals surface area contributed by atoms with Crippen molar-refractivity contribution < 1.29 is 19.6 Å². The van der Waals surface area contributed by atoms with Crippen LogP contribution >= 0.6 is 0 Å². The van der Waals surface area contributed by atoms with Crippen LogP contribution in [0.4, 0.5) is 0 Å². The van der Waals surface area contributed by atoms with Gasteiger partial charge in [0.15, 0.2) is 5.78 Å². The number of hydroxylamine groups is 1. The first kappa shape index (κ1) is 22.3. The van der Waals surface area contributed by atoms with Gasteiger partial charge < -0.3 is 5.32 Å². The molecule has 0 aliphatic carbocycles. The molecule has 2 rings (SSSR count). The highest BCUT2D eigenvalue weighted by Crippen LogP contribution is 2.18. The molecule has 0 saturated carbocycles. The molecule has 1 atom stereocenters. The molecule has 0 radical (unpaired) electrons. The Morgan fingerprint density at radius 1 is 0.862 bits per heavy atom. The van der Waals surface area contributed by atoms with E-state index in [4.69, 9.17) is 5.21 Å². The highest BCUT2D eigenvalue weighted by atomic mass is 16.5. The van der Waals surface area contributed by atoms with Crippen molar-refractivity contribution in [1.82, 2.24) is 10.8 Å². The maximum absolute atomic E-state index is 12.7. The zero-order valence-electron chi connectivity index (χ0n) is 16.5. The van der Waals surface area contributed by atoms with Gasteiger partial charge in [-0.2, -0.15) is 0 Å². The van der Waals surface area contributed by atoms with Gasteiger partial charge in [-0.15, -0.1) is 0 Å². The van der Waals surface area contributed by atoms with E-state index in [1.807, 2.05) is 48.5 Å². The summed E-state index contributed by atoms with van der Waals surface area (Å²) in [4.78, 5) is 36.4. The van der Waals surface area contributed by atoms with Crippen LogP contribution in [-0.2, 0) is 16.1 Å². The van der Waals surface area contributed by atoms with Crippen molar-refractivity contribution in [3.8, 4) is 0 Å². The maximum Gasteiger partial charge on any atom is 0.243 e. The molecule has 6 heteroatoms. The van der Waals surface area contributed by atoms with Gasteiger partial charge in [-0.05, 0) is 18.4 Å². The lowest BCUT2D eigenvalue weighted by molar-refractivity contribution is -0.129. The average Bonchev–Trinajstić information content (AvgIpc) is 2.77. The van der Waals surface area contributed by atoms with E-state index < -0.39 is 11.8 Å². The third-order valence-electron chi connectivity index (χ3n) is 4.79. The number of benzene rings is 2. The Labute approximate surface area is 171 Å². The zero-order chi connectivity index (χ0) is 20.9. The lowest BCUT2D eigenvalue weighted by Gasteiger charge is -2.16. The molecule has 0 fully saturated rings. The number of carbonyl (C=O) groups excluding carboxylic acids is 3. The minimum absolute atomic E-state index is 0.0508. The second kappa shape index (κ2) is 12.5. The van der Waals surface area contributed by atoms with Crippen LogP contribution in [0.2, 0.25) is 0 Å². The summed E-state index contributed by atoms with van der Waals surface area (Å²) in [5, 5.41) is 11.5. The topological polar surface area (TPSA) is 95.5 Å². The standard InChI is InChI=1S/C23H28N2O4/c26-21(19-12-6-2-7-13-19)16-20(14-8-3-9-15-22(27)25-29)23(28)24-17-18-10-4-1-5-11-18/h1-2,4-7,10-13,20,29H,3,8-9,14-17H2,(H,24,28)(H,25,27)/t20-/m1/s1. The summed E-state index contributed by atoms with van der Waals surface area (Å²) in [6.45, 7) is 0.423. The molecule has 0 aromatic heterocycles. The summed E-state index contributed by atoms with van der Waals surface area (Å²) in [6, 6.07) is 18.6. The highest BCUT2D eigenvalue weighted by molar-refractivity contribution is 5.98. The third kappa shape index (κ3) is 8.27. The second-order valence-corrected chi connectivity index (χ2v) is 7.03. The molecule has 2 aromatic rings. The Morgan fingerprint density at radius 3 is 2.17 bits per heavy atom. The van der Waals surface area contributed by atoms with Crippen LogP contribution < -0.4 is 10.8 Å². The fourth-order valence-electron chi connectivity index (χ4n) is 3.13. The number of hydrogen-bond donors (Lipinski definition) is 3. The molecule has 0 unspecified atom stereocenters. The van der Waals surface area contributed by atoms with Crippen LogP contribution in [0, 0.1) is 5.92 Å². The molecule has 0 spiro atoms. The molecule has 0 aliphatic rings. The first-order valence-corrected chi connectivity index (χ1v) is 9.93. The summed E-state index contributed by atoms with van der Waals surface area (Å²) >= 11 is 0. The molecule has 2 aromatic carbocycles. The minimum atomic E-state index is -0.418. The molecule has 0 saturated heterocycles. The average molecular weight is 396 g/mol. The molecule has 29 heavy (non-hydrogen) atoms. The number of amides is 2. The SMILES string of the molecule is O=C(CCCCC[C@H](CC(=O)c1ccccc1)C(=O)NCc1ccccc1)NO. The molecule has 2 amide bonds. The fourth-order valence-corrected chi connectivity index (χ4v) is 3.13. The first-order chi connectivity index (χ1) is 14.1. The van der Waals surface area contributed by atoms with E-state index in [0.29, 0.717) is 24.9 Å². The van der Waals surface area contributed by atoms with E-state index in [2.05, 4.69) is 5.32 Å². The Bertz CT molecular complexity index is 778. The van der Waals surface area contributed by atoms with Gasteiger partial charge in [-0.25, -0.2) is 5.48 Å². The molecule has 0 heterocycles. The predicted octanol–water partition coefficient (Wildman–Crippen LogP) is 3.65. The number of ketones is 1. The maximum atomic E-state index is 12.7. The van der Waals surface area contributed by atoms with Crippen molar-refractivity contribution in [2.24, 2.45) is 5.92 Å². The summed E-state index contributed by atoms with van der Waals surface area (Å²) in [5.74, 6) is -1.02. The first-order valence-electron chi connectivity index (χ1n) is 9.93. The molecular weight excluding hydrogens is 368 g/mol. The number of hydrogen-bond acceptors (Lipinski definition) is 4. The largest absolute Gasteiger partial charge is 0.352 e. The summed E-state index contributed by atoms with van der Waals surface area (Å²) in [7, 11) is 0. The summed E-state index contributed by atoms with van der Waals surface area (Å²) < 4.78 is 0. The number of carbonyl (C=O) groups is 3. The van der Waals surface area contributed by atoms with E-state index in [-0.39, 0.29) is 24.5 Å². The lowest BCUT2D eigenvalue weighted by atomic mass is 9.92. The van der Waals surface area contributed by atoms with Crippen molar-refractivity contribution in [3.63, 3.8) is 0 Å². The van der Waals surface area contributed by atoms with Gasteiger partial charge in [0.05, 0.1) is 0 Å². The van der Waals surface area contributed by atoms with Crippen LogP contribution in [0.1, 0.15) is 54.4 Å². The smallest absolute Gasteiger partial charge is 0.243 e. The Hall–Kier alpha value is -2.99. The van der Waals surface area contributed by atoms with Crippen molar-refractivity contribution in [1.29, 1.82) is 0 Å². The third-order valence-corrected chi connectivity index (χ3v) is 4.79. The molecule has 3 N–H and O–H groups in total. The zero-order valence-corrected chi connectivity index (χ0v) is 16.5. The fraction of sp³-hybridized carbons (Fsp3) is 0.348.